The number of nitrogens with one attached hydrogen (secondary N) is 1. The van der Waals surface area contributed by atoms with Crippen molar-refractivity contribution >= 4 is 21.6 Å². The summed E-state index contributed by atoms with van der Waals surface area (Å²) in [6.07, 6.45) is 2.41. The predicted molar refractivity (Wildman–Crippen MR) is 165 cm³/mol. The Hall–Kier alpha value is -3.20. The van der Waals surface area contributed by atoms with E-state index in [1.54, 1.807) is 33.5 Å². The highest BCUT2D eigenvalue weighted by Crippen LogP contribution is 2.48. The fourth-order valence-electron chi connectivity index (χ4n) is 4.96. The Morgan fingerprint density at radius 3 is 2.20 bits per heavy atom. The zero-order valence-electron chi connectivity index (χ0n) is 25.7. The number of nitrogens with zero attached hydrogens (tertiary/aromatic N) is 2. The molecule has 0 aliphatic carbocycles. The van der Waals surface area contributed by atoms with Crippen molar-refractivity contribution in [1.82, 2.24) is 15.2 Å². The molecule has 1 aliphatic rings. The minimum absolute atomic E-state index is 0.0192. The van der Waals surface area contributed by atoms with E-state index < -0.39 is 27.8 Å². The van der Waals surface area contributed by atoms with Crippen LogP contribution in [0.3, 0.4) is 0 Å². The molecule has 4 rings (SSSR count). The van der Waals surface area contributed by atoms with Crippen molar-refractivity contribution in [2.24, 2.45) is 0 Å². The van der Waals surface area contributed by atoms with Crippen molar-refractivity contribution < 1.29 is 41.9 Å². The minimum Gasteiger partial charge on any atom is -0.493 e. The summed E-state index contributed by atoms with van der Waals surface area (Å²) in [7, 11) is 0.738. The molecule has 3 aromatic rings. The van der Waals surface area contributed by atoms with Gasteiger partial charge in [-0.3, -0.25) is 5.10 Å². The van der Waals surface area contributed by atoms with E-state index in [9.17, 15) is 13.5 Å². The van der Waals surface area contributed by atoms with Crippen LogP contribution in [0.15, 0.2) is 40.6 Å². The number of H-pyrrole nitrogens is 1. The first-order valence-corrected chi connectivity index (χ1v) is 17.1. The third kappa shape index (κ3) is 8.29. The van der Waals surface area contributed by atoms with Crippen LogP contribution in [0.5, 0.6) is 28.7 Å². The number of aliphatic hydroxyl groups excluding tert-OH is 1. The van der Waals surface area contributed by atoms with E-state index in [0.29, 0.717) is 78.4 Å². The van der Waals surface area contributed by atoms with Crippen molar-refractivity contribution in [2.75, 3.05) is 46.0 Å². The van der Waals surface area contributed by atoms with Gasteiger partial charge < -0.3 is 33.5 Å². The van der Waals surface area contributed by atoms with E-state index in [2.05, 4.69) is 15.2 Å². The van der Waals surface area contributed by atoms with Gasteiger partial charge in [0.05, 0.1) is 58.6 Å². The largest absolute Gasteiger partial charge is 0.493 e. The van der Waals surface area contributed by atoms with Gasteiger partial charge in [0.15, 0.2) is 32.8 Å². The van der Waals surface area contributed by atoms with Crippen LogP contribution in [0.25, 0.3) is 0 Å². The summed E-state index contributed by atoms with van der Waals surface area (Å²) in [5, 5.41) is 17.4. The Labute approximate surface area is 262 Å². The van der Waals surface area contributed by atoms with E-state index in [0.717, 1.165) is 5.56 Å². The lowest BCUT2D eigenvalue weighted by molar-refractivity contribution is 0.0435. The number of ether oxygens (including phenoxy) is 6. The maximum absolute atomic E-state index is 13.5. The van der Waals surface area contributed by atoms with E-state index in [-0.39, 0.29) is 16.7 Å². The van der Waals surface area contributed by atoms with Gasteiger partial charge in [0.1, 0.15) is 11.2 Å². The van der Waals surface area contributed by atoms with Crippen LogP contribution in [-0.2, 0) is 14.6 Å². The van der Waals surface area contributed by atoms with Gasteiger partial charge in [-0.2, -0.15) is 0 Å². The zero-order valence-corrected chi connectivity index (χ0v) is 27.3. The first-order chi connectivity index (χ1) is 21.2. The highest BCUT2D eigenvalue weighted by Gasteiger charge is 2.33. The van der Waals surface area contributed by atoms with Gasteiger partial charge in [0.25, 0.3) is 0 Å². The number of aliphatic hydroxyl groups is 1. The molecular formula is C30H41N3O9S2. The maximum atomic E-state index is 13.5. The number of methoxy groups -OCH3 is 3. The lowest BCUT2D eigenvalue weighted by atomic mass is 10.0. The Kier molecular flexibility index (Phi) is 12.0. The number of sulfone groups is 1. The van der Waals surface area contributed by atoms with Crippen molar-refractivity contribution in [1.29, 1.82) is 0 Å². The predicted octanol–water partition coefficient (Wildman–Crippen LogP) is 4.93. The van der Waals surface area contributed by atoms with Gasteiger partial charge in [-0.15, -0.1) is 5.10 Å². The number of rotatable bonds is 17. The molecule has 0 spiro atoms. The molecule has 12 nitrogen and oxygen atoms in total. The highest BCUT2D eigenvalue weighted by molar-refractivity contribution is 7.99. The molecule has 2 N–H and O–H groups in total. The smallest absolute Gasteiger partial charge is 0.208 e. The van der Waals surface area contributed by atoms with Crippen molar-refractivity contribution in [3.05, 3.63) is 41.7 Å². The fraction of sp³-hybridized carbons (Fsp3) is 0.533. The topological polar surface area (TPSA) is 151 Å². The summed E-state index contributed by atoms with van der Waals surface area (Å²) in [5.74, 6) is 2.26. The van der Waals surface area contributed by atoms with Gasteiger partial charge in [-0.1, -0.05) is 18.7 Å². The summed E-state index contributed by atoms with van der Waals surface area (Å²) in [6.45, 7) is 4.00. The van der Waals surface area contributed by atoms with Gasteiger partial charge >= 0.3 is 0 Å². The quantitative estimate of drug-likeness (QED) is 0.150. The first-order valence-electron chi connectivity index (χ1n) is 14.5. The summed E-state index contributed by atoms with van der Waals surface area (Å²) in [5.41, 5.74) is 1.50. The molecule has 3 unspecified atom stereocenters. The molecule has 0 bridgehead atoms. The number of thioether (sulfide) groups is 1. The average Bonchev–Trinajstić information content (AvgIpc) is 3.71. The van der Waals surface area contributed by atoms with E-state index in [1.165, 1.54) is 25.0 Å². The molecule has 1 fully saturated rings. The minimum atomic E-state index is -3.93. The van der Waals surface area contributed by atoms with E-state index in [1.807, 2.05) is 19.1 Å². The number of aromatic nitrogens is 3. The first kappa shape index (κ1) is 33.7. The summed E-state index contributed by atoms with van der Waals surface area (Å²) in [4.78, 5) is 4.09. The Balaban J connectivity index is 1.64. The third-order valence-corrected chi connectivity index (χ3v) is 9.75. The number of hydrogen-bond donors (Lipinski definition) is 2. The molecular weight excluding hydrogens is 610 g/mol. The van der Waals surface area contributed by atoms with Crippen LogP contribution in [-0.4, -0.2) is 80.9 Å². The molecule has 242 valence electrons. The molecule has 2 heterocycles. The maximum Gasteiger partial charge on any atom is 0.208 e. The monoisotopic (exact) mass is 651 g/mol. The number of aromatic amines is 1. The third-order valence-electron chi connectivity index (χ3n) is 6.91. The lowest BCUT2D eigenvalue weighted by Crippen LogP contribution is -2.19. The Bertz CT molecular complexity index is 1440. The van der Waals surface area contributed by atoms with Crippen molar-refractivity contribution in [2.45, 2.75) is 67.9 Å². The van der Waals surface area contributed by atoms with Crippen LogP contribution in [0.4, 0.5) is 0 Å². The Morgan fingerprint density at radius 2 is 1.64 bits per heavy atom. The second kappa shape index (κ2) is 15.7. The van der Waals surface area contributed by atoms with E-state index >= 15 is 0 Å². The zero-order chi connectivity index (χ0) is 31.7. The lowest BCUT2D eigenvalue weighted by Gasteiger charge is -2.21. The van der Waals surface area contributed by atoms with Crippen molar-refractivity contribution in [3.8, 4) is 28.7 Å². The van der Waals surface area contributed by atoms with Crippen LogP contribution in [0.2, 0.25) is 0 Å². The van der Waals surface area contributed by atoms with Crippen LogP contribution in [0, 0.1) is 0 Å². The van der Waals surface area contributed by atoms with Gasteiger partial charge in [0.2, 0.25) is 10.9 Å². The summed E-state index contributed by atoms with van der Waals surface area (Å²) >= 11 is 1.49. The number of hydrogen-bond acceptors (Lipinski definition) is 12. The van der Waals surface area contributed by atoms with Crippen molar-refractivity contribution in [3.63, 3.8) is 0 Å². The Morgan fingerprint density at radius 1 is 0.977 bits per heavy atom. The normalized spacial score (nSPS) is 17.3. The molecule has 2 aromatic carbocycles. The molecule has 44 heavy (non-hydrogen) atoms. The summed E-state index contributed by atoms with van der Waals surface area (Å²) in [6, 6.07) is 7.12. The standard InChI is InChI=1S/C30H41N3O9S2/c1-6-10-41-29-26(40-11-7-12-43-30-31-18-32-33-30)15-21(16-27(29)44(35,36)17-19(2)34)23-9-8-22(42-23)20-13-24(37-3)28(39-5)25(14-20)38-4/h13-16,18-19,22-23,34H,6-12,17H2,1-5H3,(H,31,32,33). The van der Waals surface area contributed by atoms with Crippen LogP contribution >= 0.6 is 11.8 Å². The molecule has 1 aromatic heterocycles. The molecule has 0 radical (unpaired) electrons. The molecule has 3 atom stereocenters. The SMILES string of the molecule is CCCOc1c(OCCCSc2nc[nH]n2)cc(C2CCC(c3cc(OC)c(OC)c(OC)c3)O2)cc1S(=O)(=O)CC(C)O. The molecule has 0 amide bonds. The van der Waals surface area contributed by atoms with E-state index in [4.69, 9.17) is 28.4 Å². The highest BCUT2D eigenvalue weighted by atomic mass is 32.2. The van der Waals surface area contributed by atoms with Gasteiger partial charge in [0, 0.05) is 5.75 Å². The molecule has 0 saturated carbocycles. The van der Waals surface area contributed by atoms with Crippen LogP contribution < -0.4 is 23.7 Å². The second-order valence-corrected chi connectivity index (χ2v) is 13.4. The van der Waals surface area contributed by atoms with Gasteiger partial charge in [-0.25, -0.2) is 13.4 Å². The fourth-order valence-corrected chi connectivity index (χ4v) is 7.22. The van der Waals surface area contributed by atoms with Gasteiger partial charge in [-0.05, 0) is 68.0 Å². The van der Waals surface area contributed by atoms with Crippen LogP contribution in [0.1, 0.15) is 62.9 Å². The molecule has 1 aliphatic heterocycles. The number of benzene rings is 2. The summed E-state index contributed by atoms with van der Waals surface area (Å²) < 4.78 is 62.3. The average molecular weight is 652 g/mol. The molecule has 14 heteroatoms. The molecule has 1 saturated heterocycles. The second-order valence-electron chi connectivity index (χ2n) is 10.3.